The van der Waals surface area contributed by atoms with Gasteiger partial charge in [-0.15, -0.1) is 0 Å². The summed E-state index contributed by atoms with van der Waals surface area (Å²) in [6.45, 7) is 4.23. The average molecular weight is 323 g/mol. The van der Waals surface area contributed by atoms with Crippen LogP contribution < -0.4 is 10.0 Å². The largest absolute Gasteiger partial charge is 0.496 e. The second kappa shape index (κ2) is 6.55. The van der Waals surface area contributed by atoms with Gasteiger partial charge in [0.1, 0.15) is 5.75 Å². The van der Waals surface area contributed by atoms with Crippen molar-refractivity contribution in [2.45, 2.75) is 13.8 Å². The summed E-state index contributed by atoms with van der Waals surface area (Å²) in [4.78, 5) is 0. The van der Waals surface area contributed by atoms with Gasteiger partial charge in [-0.05, 0) is 48.0 Å². The van der Waals surface area contributed by atoms with Crippen LogP contribution in [0, 0.1) is 0 Å². The summed E-state index contributed by atoms with van der Waals surface area (Å²) in [7, 11) is -1.64. The molecule has 0 saturated heterocycles. The van der Waals surface area contributed by atoms with Gasteiger partial charge in [0.15, 0.2) is 0 Å². The molecule has 0 radical (unpaired) electrons. The van der Waals surface area contributed by atoms with Gasteiger partial charge in [0, 0.05) is 0 Å². The van der Waals surface area contributed by atoms with Crippen LogP contribution in [0.3, 0.4) is 0 Å². The van der Waals surface area contributed by atoms with Crippen molar-refractivity contribution in [3.05, 3.63) is 22.7 Å². The van der Waals surface area contributed by atoms with Crippen LogP contribution >= 0.6 is 23.5 Å². The van der Waals surface area contributed by atoms with Crippen LogP contribution in [0.4, 0.5) is 0 Å². The highest BCUT2D eigenvalue weighted by Crippen LogP contribution is 2.47. The van der Waals surface area contributed by atoms with Crippen LogP contribution in [0.2, 0.25) is 0 Å². The normalized spacial score (nSPS) is 11.5. The van der Waals surface area contributed by atoms with Crippen molar-refractivity contribution in [1.29, 1.82) is 0 Å². The van der Waals surface area contributed by atoms with E-state index >= 15 is 0 Å². The monoisotopic (exact) mass is 322 g/mol. The molecular weight excluding hydrogens is 307 g/mol. The maximum Gasteiger partial charge on any atom is 0.361 e. The fraction of sp³-hybridized carbons (Fsp3) is 0.455. The topological polar surface area (TPSA) is 44.8 Å². The standard InChI is InChI=1S/C11H16BrO4P/c1-4-15-17(13,16-5-2)9-6-7-11(14-3)10(12)8-9/h6-8H,4-5H2,1-3H3. The van der Waals surface area contributed by atoms with Crippen molar-refractivity contribution in [1.82, 2.24) is 0 Å². The van der Waals surface area contributed by atoms with Crippen LogP contribution in [0.25, 0.3) is 0 Å². The van der Waals surface area contributed by atoms with Gasteiger partial charge in [-0.3, -0.25) is 4.57 Å². The van der Waals surface area contributed by atoms with Crippen LogP contribution in [-0.2, 0) is 13.6 Å². The summed E-state index contributed by atoms with van der Waals surface area (Å²) in [6.07, 6.45) is 0. The Morgan fingerprint density at radius 1 is 1.24 bits per heavy atom. The molecule has 0 saturated carbocycles. The third-order valence-corrected chi connectivity index (χ3v) is 4.78. The summed E-state index contributed by atoms with van der Waals surface area (Å²) < 4.78 is 28.8. The molecule has 17 heavy (non-hydrogen) atoms. The Bertz CT molecular complexity index is 412. The third kappa shape index (κ3) is 3.55. The molecule has 0 aromatic heterocycles. The van der Waals surface area contributed by atoms with E-state index in [1.807, 2.05) is 0 Å². The van der Waals surface area contributed by atoms with E-state index in [0.717, 1.165) is 4.47 Å². The number of rotatable bonds is 6. The number of hydrogen-bond donors (Lipinski definition) is 0. The van der Waals surface area contributed by atoms with E-state index in [4.69, 9.17) is 13.8 Å². The van der Waals surface area contributed by atoms with Gasteiger partial charge in [-0.25, -0.2) is 0 Å². The van der Waals surface area contributed by atoms with E-state index in [2.05, 4.69) is 15.9 Å². The molecule has 0 heterocycles. The Morgan fingerprint density at radius 3 is 2.24 bits per heavy atom. The van der Waals surface area contributed by atoms with Gasteiger partial charge in [-0.1, -0.05) is 0 Å². The number of benzene rings is 1. The van der Waals surface area contributed by atoms with Crippen molar-refractivity contribution in [2.75, 3.05) is 20.3 Å². The zero-order valence-corrected chi connectivity index (χ0v) is 12.6. The molecule has 0 amide bonds. The predicted molar refractivity (Wildman–Crippen MR) is 71.2 cm³/mol. The van der Waals surface area contributed by atoms with Crippen LogP contribution in [0.15, 0.2) is 22.7 Å². The lowest BCUT2D eigenvalue weighted by Gasteiger charge is -2.17. The predicted octanol–water partition coefficient (Wildman–Crippen LogP) is 3.35. The van der Waals surface area contributed by atoms with E-state index in [1.54, 1.807) is 39.2 Å². The Labute approximate surface area is 110 Å². The van der Waals surface area contributed by atoms with Gasteiger partial charge in [0.2, 0.25) is 0 Å². The molecule has 1 rings (SSSR count). The number of hydrogen-bond acceptors (Lipinski definition) is 4. The second-order valence-corrected chi connectivity index (χ2v) is 6.03. The van der Waals surface area contributed by atoms with Crippen molar-refractivity contribution >= 4 is 28.8 Å². The molecule has 1 aromatic carbocycles. The first-order valence-corrected chi connectivity index (χ1v) is 7.64. The Kier molecular flexibility index (Phi) is 5.67. The highest BCUT2D eigenvalue weighted by molar-refractivity contribution is 9.10. The van der Waals surface area contributed by atoms with E-state index in [0.29, 0.717) is 24.3 Å². The molecule has 4 nitrogen and oxygen atoms in total. The van der Waals surface area contributed by atoms with Crippen molar-refractivity contribution < 1.29 is 18.3 Å². The van der Waals surface area contributed by atoms with Gasteiger partial charge in [0.05, 0.1) is 30.1 Å². The molecule has 0 aliphatic heterocycles. The van der Waals surface area contributed by atoms with Gasteiger partial charge in [-0.2, -0.15) is 0 Å². The molecule has 1 aromatic rings. The maximum absolute atomic E-state index is 12.5. The SMILES string of the molecule is CCOP(=O)(OCC)c1ccc(OC)c(Br)c1. The quantitative estimate of drug-likeness (QED) is 0.753. The van der Waals surface area contributed by atoms with E-state index in [1.165, 1.54) is 0 Å². The highest BCUT2D eigenvalue weighted by Gasteiger charge is 2.27. The lowest BCUT2D eigenvalue weighted by Crippen LogP contribution is -2.10. The summed E-state index contributed by atoms with van der Waals surface area (Å²) in [5.41, 5.74) is 0. The van der Waals surface area contributed by atoms with Crippen molar-refractivity contribution in [2.24, 2.45) is 0 Å². The minimum absolute atomic E-state index is 0.334. The zero-order chi connectivity index (χ0) is 12.9. The molecule has 0 spiro atoms. The summed E-state index contributed by atoms with van der Waals surface area (Å²) in [5, 5.41) is 0.522. The molecule has 0 bridgehead atoms. The molecule has 0 aliphatic rings. The Morgan fingerprint density at radius 2 is 1.82 bits per heavy atom. The summed E-state index contributed by atoms with van der Waals surface area (Å²) in [6, 6.07) is 5.12. The van der Waals surface area contributed by atoms with Crippen LogP contribution in [0.5, 0.6) is 5.75 Å². The van der Waals surface area contributed by atoms with Gasteiger partial charge in [0.25, 0.3) is 0 Å². The zero-order valence-electron chi connectivity index (χ0n) is 10.1. The molecule has 96 valence electrons. The van der Waals surface area contributed by atoms with Crippen molar-refractivity contribution in [3.8, 4) is 5.75 Å². The summed E-state index contributed by atoms with van der Waals surface area (Å²) in [5.74, 6) is 0.674. The van der Waals surface area contributed by atoms with Crippen LogP contribution in [-0.4, -0.2) is 20.3 Å². The smallest absolute Gasteiger partial charge is 0.361 e. The van der Waals surface area contributed by atoms with Crippen LogP contribution in [0.1, 0.15) is 13.8 Å². The first-order valence-electron chi connectivity index (χ1n) is 5.30. The highest BCUT2D eigenvalue weighted by atomic mass is 79.9. The number of halogens is 1. The summed E-state index contributed by atoms with van der Waals surface area (Å²) >= 11 is 3.34. The Balaban J connectivity index is 3.11. The molecular formula is C11H16BrO4P. The molecule has 0 aliphatic carbocycles. The number of methoxy groups -OCH3 is 1. The third-order valence-electron chi connectivity index (χ3n) is 2.05. The fourth-order valence-corrected chi connectivity index (χ4v) is 3.67. The average Bonchev–Trinajstić information content (AvgIpc) is 2.29. The number of ether oxygens (including phenoxy) is 1. The van der Waals surface area contributed by atoms with E-state index < -0.39 is 7.60 Å². The molecule has 6 heteroatoms. The van der Waals surface area contributed by atoms with E-state index in [-0.39, 0.29) is 0 Å². The van der Waals surface area contributed by atoms with Gasteiger partial charge < -0.3 is 13.8 Å². The van der Waals surface area contributed by atoms with Gasteiger partial charge >= 0.3 is 7.60 Å². The second-order valence-electron chi connectivity index (χ2n) is 3.15. The first kappa shape index (κ1) is 14.7. The minimum atomic E-state index is -3.21. The fourth-order valence-electron chi connectivity index (χ4n) is 1.35. The first-order chi connectivity index (χ1) is 8.07. The van der Waals surface area contributed by atoms with Crippen molar-refractivity contribution in [3.63, 3.8) is 0 Å². The lowest BCUT2D eigenvalue weighted by atomic mass is 10.3. The lowest BCUT2D eigenvalue weighted by molar-refractivity contribution is 0.230. The molecule has 0 unspecified atom stereocenters. The maximum atomic E-state index is 12.5. The molecule has 0 N–H and O–H groups in total. The van der Waals surface area contributed by atoms with E-state index in [9.17, 15) is 4.57 Å². The molecule has 0 fully saturated rings. The minimum Gasteiger partial charge on any atom is -0.496 e. The Hall–Kier alpha value is -0.350. The molecule has 0 atom stereocenters.